The number of hydrogen-bond acceptors (Lipinski definition) is 7. The maximum atomic E-state index is 12.4. The Morgan fingerprint density at radius 2 is 1.69 bits per heavy atom. The van der Waals surface area contributed by atoms with E-state index in [4.69, 9.17) is 4.74 Å². The molecule has 0 radical (unpaired) electrons. The molecule has 9 nitrogen and oxygen atoms in total. The van der Waals surface area contributed by atoms with Crippen LogP contribution in [-0.4, -0.2) is 55.5 Å². The Bertz CT molecular complexity index is 1130. The van der Waals surface area contributed by atoms with Gasteiger partial charge in [-0.3, -0.25) is 18.8 Å². The number of hydrogen-bond donors (Lipinski definition) is 0. The molecular formula is C20H24N6O3. The molecule has 0 aliphatic carbocycles. The molecule has 2 aromatic heterocycles. The first kappa shape index (κ1) is 19.3. The highest BCUT2D eigenvalue weighted by Gasteiger charge is 2.14. The molecule has 1 fully saturated rings. The molecule has 3 aromatic rings. The summed E-state index contributed by atoms with van der Waals surface area (Å²) in [5.74, 6) is 1.10. The Morgan fingerprint density at radius 3 is 2.41 bits per heavy atom. The molecule has 0 saturated carbocycles. The average molecular weight is 396 g/mol. The van der Waals surface area contributed by atoms with E-state index in [0.717, 1.165) is 35.5 Å². The maximum absolute atomic E-state index is 12.4. The topological polar surface area (TPSA) is 95.1 Å². The van der Waals surface area contributed by atoms with Crippen molar-refractivity contribution in [1.82, 2.24) is 29.2 Å². The molecule has 9 heteroatoms. The number of aryl methyl sites for hydroxylation is 1. The molecule has 152 valence electrons. The van der Waals surface area contributed by atoms with Gasteiger partial charge in [-0.2, -0.15) is 0 Å². The van der Waals surface area contributed by atoms with Gasteiger partial charge in [0.15, 0.2) is 17.0 Å². The largest absolute Gasteiger partial charge is 0.492 e. The average Bonchev–Trinajstić information content (AvgIpc) is 2.77. The van der Waals surface area contributed by atoms with Gasteiger partial charge in [0.2, 0.25) is 0 Å². The van der Waals surface area contributed by atoms with E-state index < -0.39 is 11.2 Å². The van der Waals surface area contributed by atoms with Gasteiger partial charge >= 0.3 is 5.69 Å². The van der Waals surface area contributed by atoms with Gasteiger partial charge in [-0.15, -0.1) is 10.2 Å². The third-order valence-corrected chi connectivity index (χ3v) is 5.31. The van der Waals surface area contributed by atoms with E-state index in [1.807, 2.05) is 24.3 Å². The Morgan fingerprint density at radius 1 is 0.966 bits per heavy atom. The zero-order chi connectivity index (χ0) is 20.4. The molecule has 0 unspecified atom stereocenters. The van der Waals surface area contributed by atoms with Crippen molar-refractivity contribution in [3.63, 3.8) is 0 Å². The minimum absolute atomic E-state index is 0.112. The molecule has 0 spiro atoms. The number of rotatable bonds is 5. The van der Waals surface area contributed by atoms with Crippen molar-refractivity contribution in [1.29, 1.82) is 0 Å². The zero-order valence-corrected chi connectivity index (χ0v) is 16.7. The minimum Gasteiger partial charge on any atom is -0.492 e. The Balaban J connectivity index is 1.50. The van der Waals surface area contributed by atoms with Crippen molar-refractivity contribution >= 4 is 11.2 Å². The molecular weight excluding hydrogens is 372 g/mol. The lowest BCUT2D eigenvalue weighted by Gasteiger charge is -2.26. The van der Waals surface area contributed by atoms with E-state index in [0.29, 0.717) is 12.4 Å². The number of fused-ring (bicyclic) bond motifs is 1. The summed E-state index contributed by atoms with van der Waals surface area (Å²) in [5, 5.41) is 8.13. The van der Waals surface area contributed by atoms with Crippen LogP contribution in [0.5, 0.6) is 5.75 Å². The summed E-state index contributed by atoms with van der Waals surface area (Å²) in [6, 6.07) is 7.40. The quantitative estimate of drug-likeness (QED) is 0.634. The molecule has 1 aliphatic heterocycles. The van der Waals surface area contributed by atoms with Crippen molar-refractivity contribution < 1.29 is 4.74 Å². The van der Waals surface area contributed by atoms with Gasteiger partial charge in [0.1, 0.15) is 12.4 Å². The fourth-order valence-electron chi connectivity index (χ4n) is 3.55. The summed E-state index contributed by atoms with van der Waals surface area (Å²) in [6.07, 6.45) is 3.87. The van der Waals surface area contributed by atoms with Crippen LogP contribution in [0.2, 0.25) is 0 Å². The third-order valence-electron chi connectivity index (χ3n) is 5.31. The summed E-state index contributed by atoms with van der Waals surface area (Å²) < 4.78 is 8.12. The normalized spacial score (nSPS) is 15.0. The first-order chi connectivity index (χ1) is 14.0. The number of piperidine rings is 1. The highest BCUT2D eigenvalue weighted by molar-refractivity contribution is 5.71. The molecule has 29 heavy (non-hydrogen) atoms. The number of aromatic nitrogens is 5. The van der Waals surface area contributed by atoms with Crippen molar-refractivity contribution in [2.45, 2.75) is 19.3 Å². The molecule has 0 N–H and O–H groups in total. The summed E-state index contributed by atoms with van der Waals surface area (Å²) in [7, 11) is 2.96. The molecule has 1 aliphatic rings. The number of benzene rings is 1. The van der Waals surface area contributed by atoms with Gasteiger partial charge in [0.05, 0.1) is 0 Å². The van der Waals surface area contributed by atoms with E-state index in [1.54, 1.807) is 0 Å². The summed E-state index contributed by atoms with van der Waals surface area (Å²) in [6.45, 7) is 3.89. The zero-order valence-electron chi connectivity index (χ0n) is 16.7. The van der Waals surface area contributed by atoms with Gasteiger partial charge in [0, 0.05) is 26.2 Å². The van der Waals surface area contributed by atoms with E-state index in [1.165, 1.54) is 37.9 Å². The minimum atomic E-state index is -0.489. The highest BCUT2D eigenvalue weighted by Crippen LogP contribution is 2.19. The van der Waals surface area contributed by atoms with Crippen LogP contribution in [0.1, 0.15) is 19.3 Å². The lowest BCUT2D eigenvalue weighted by atomic mass is 10.1. The van der Waals surface area contributed by atoms with Crippen LogP contribution < -0.4 is 16.0 Å². The van der Waals surface area contributed by atoms with Crippen LogP contribution >= 0.6 is 0 Å². The highest BCUT2D eigenvalue weighted by atomic mass is 16.5. The SMILES string of the molecule is Cn1c(=O)c2nc(-c3ccc(OCCN4CCCCC4)cc3)nnc2n(C)c1=O. The molecule has 1 saturated heterocycles. The van der Waals surface area contributed by atoms with E-state index >= 15 is 0 Å². The smallest absolute Gasteiger partial charge is 0.332 e. The van der Waals surface area contributed by atoms with Crippen molar-refractivity contribution in [2.75, 3.05) is 26.2 Å². The lowest BCUT2D eigenvalue weighted by molar-refractivity contribution is 0.183. The molecule has 0 atom stereocenters. The summed E-state index contributed by atoms with van der Waals surface area (Å²) in [5.41, 5.74) is 0.0500. The second kappa shape index (κ2) is 8.12. The Hall–Kier alpha value is -3.07. The van der Waals surface area contributed by atoms with Gasteiger partial charge < -0.3 is 4.74 Å². The Kier molecular flexibility index (Phi) is 5.39. The van der Waals surface area contributed by atoms with Crippen LogP contribution in [0.3, 0.4) is 0 Å². The van der Waals surface area contributed by atoms with Crippen LogP contribution in [0.4, 0.5) is 0 Å². The summed E-state index contributed by atoms with van der Waals surface area (Å²) in [4.78, 5) is 31.2. The Labute approximate surface area is 167 Å². The fourth-order valence-corrected chi connectivity index (χ4v) is 3.55. The predicted molar refractivity (Wildman–Crippen MR) is 109 cm³/mol. The molecule has 0 amide bonds. The van der Waals surface area contributed by atoms with E-state index in [9.17, 15) is 9.59 Å². The maximum Gasteiger partial charge on any atom is 0.332 e. The van der Waals surface area contributed by atoms with Crippen molar-refractivity contribution in [2.24, 2.45) is 14.1 Å². The van der Waals surface area contributed by atoms with Gasteiger partial charge in [-0.1, -0.05) is 6.42 Å². The van der Waals surface area contributed by atoms with Crippen LogP contribution in [0.15, 0.2) is 33.9 Å². The first-order valence-electron chi connectivity index (χ1n) is 9.80. The van der Waals surface area contributed by atoms with E-state index in [-0.39, 0.29) is 11.2 Å². The van der Waals surface area contributed by atoms with Crippen molar-refractivity contribution in [3.8, 4) is 17.1 Å². The van der Waals surface area contributed by atoms with Gasteiger partial charge in [0.25, 0.3) is 5.56 Å². The number of nitrogens with zero attached hydrogens (tertiary/aromatic N) is 6. The lowest BCUT2D eigenvalue weighted by Crippen LogP contribution is -2.38. The summed E-state index contributed by atoms with van der Waals surface area (Å²) >= 11 is 0. The van der Waals surface area contributed by atoms with Crippen LogP contribution in [0.25, 0.3) is 22.6 Å². The second-order valence-electron chi connectivity index (χ2n) is 7.29. The van der Waals surface area contributed by atoms with Crippen molar-refractivity contribution in [3.05, 3.63) is 45.1 Å². The molecule has 0 bridgehead atoms. The standard InChI is InChI=1S/C20H24N6O3/c1-24-18-16(19(27)25(2)20(24)28)21-17(22-23-18)14-6-8-15(9-7-14)29-13-12-26-10-4-3-5-11-26/h6-9H,3-5,10-13H2,1-2H3. The second-order valence-corrected chi connectivity index (χ2v) is 7.29. The fraction of sp³-hybridized carbons (Fsp3) is 0.450. The third kappa shape index (κ3) is 3.91. The predicted octanol–water partition coefficient (Wildman–Crippen LogP) is 0.954. The van der Waals surface area contributed by atoms with Gasteiger partial charge in [-0.25, -0.2) is 9.78 Å². The first-order valence-corrected chi connectivity index (χ1v) is 9.80. The monoisotopic (exact) mass is 396 g/mol. The molecule has 3 heterocycles. The van der Waals surface area contributed by atoms with Crippen LogP contribution in [0, 0.1) is 0 Å². The number of ether oxygens (including phenoxy) is 1. The van der Waals surface area contributed by atoms with Crippen LogP contribution in [-0.2, 0) is 14.1 Å². The molecule has 4 rings (SSSR count). The molecule has 1 aromatic carbocycles. The van der Waals surface area contributed by atoms with E-state index in [2.05, 4.69) is 20.1 Å². The van der Waals surface area contributed by atoms with Gasteiger partial charge in [-0.05, 0) is 50.2 Å². The number of likely N-dealkylation sites (tertiary alicyclic amines) is 1.